The van der Waals surface area contributed by atoms with Crippen LogP contribution in [0.5, 0.6) is 11.5 Å². The fraction of sp³-hybridized carbons (Fsp3) is 0.167. The highest BCUT2D eigenvalue weighted by atomic mass is 16.5. The maximum absolute atomic E-state index is 12.6. The normalized spacial score (nSPS) is 11.9. The lowest BCUT2D eigenvalue weighted by molar-refractivity contribution is -0.131. The van der Waals surface area contributed by atoms with E-state index in [0.717, 1.165) is 27.9 Å². The summed E-state index contributed by atoms with van der Waals surface area (Å²) in [5, 5.41) is 0.927. The number of aromatic amines is 1. The third-order valence-corrected chi connectivity index (χ3v) is 4.98. The summed E-state index contributed by atoms with van der Waals surface area (Å²) >= 11 is 0. The maximum Gasteiger partial charge on any atom is 0.239 e. The highest BCUT2D eigenvalue weighted by Crippen LogP contribution is 2.28. The number of pyridine rings is 1. The standard InChI is InChI=1S/C24H24N4O2/c1-28(16-18-5-3-2-4-6-18)24(29)21(25)15-17-7-9-19(10-8-17)30-22-12-14-27-23-20(22)11-13-26-23/h2-14,21H,15-16,25H2,1H3,(H,26,27). The van der Waals surface area contributed by atoms with Crippen LogP contribution in [-0.2, 0) is 17.8 Å². The number of amides is 1. The molecule has 1 unspecified atom stereocenters. The number of likely N-dealkylation sites (N-methyl/N-ethyl adjacent to an activating group) is 1. The Hall–Kier alpha value is -3.64. The van der Waals surface area contributed by atoms with Crippen molar-refractivity contribution in [2.45, 2.75) is 19.0 Å². The van der Waals surface area contributed by atoms with Gasteiger partial charge < -0.3 is 20.4 Å². The number of H-pyrrole nitrogens is 1. The second kappa shape index (κ2) is 8.80. The zero-order chi connectivity index (χ0) is 20.9. The van der Waals surface area contributed by atoms with Gasteiger partial charge in [-0.1, -0.05) is 42.5 Å². The lowest BCUT2D eigenvalue weighted by Crippen LogP contribution is -2.42. The summed E-state index contributed by atoms with van der Waals surface area (Å²) in [6, 6.07) is 20.7. The number of carbonyl (C=O) groups excluding carboxylic acids is 1. The van der Waals surface area contributed by atoms with Gasteiger partial charge in [-0.25, -0.2) is 4.98 Å². The lowest BCUT2D eigenvalue weighted by atomic mass is 10.1. The quantitative estimate of drug-likeness (QED) is 0.493. The largest absolute Gasteiger partial charge is 0.457 e. The van der Waals surface area contributed by atoms with Gasteiger partial charge in [0, 0.05) is 26.0 Å². The Kier molecular flexibility index (Phi) is 5.77. The van der Waals surface area contributed by atoms with Crippen molar-refractivity contribution in [3.05, 3.63) is 90.3 Å². The van der Waals surface area contributed by atoms with Crippen molar-refractivity contribution in [3.8, 4) is 11.5 Å². The number of benzene rings is 2. The predicted molar refractivity (Wildman–Crippen MR) is 117 cm³/mol. The molecule has 0 fully saturated rings. The molecule has 0 aliphatic carbocycles. The number of nitrogens with one attached hydrogen (secondary N) is 1. The Balaban J connectivity index is 1.37. The molecule has 1 amide bonds. The van der Waals surface area contributed by atoms with Crippen molar-refractivity contribution in [3.63, 3.8) is 0 Å². The van der Waals surface area contributed by atoms with Gasteiger partial charge in [-0.2, -0.15) is 0 Å². The summed E-state index contributed by atoms with van der Waals surface area (Å²) in [4.78, 5) is 21.6. The molecular formula is C24H24N4O2. The van der Waals surface area contributed by atoms with Gasteiger partial charge in [-0.05, 0) is 41.8 Å². The van der Waals surface area contributed by atoms with E-state index in [1.54, 1.807) is 18.1 Å². The van der Waals surface area contributed by atoms with Crippen LogP contribution in [0.3, 0.4) is 0 Å². The van der Waals surface area contributed by atoms with Crippen LogP contribution in [0.15, 0.2) is 79.1 Å². The van der Waals surface area contributed by atoms with E-state index < -0.39 is 6.04 Å². The average molecular weight is 400 g/mol. The summed E-state index contributed by atoms with van der Waals surface area (Å²) in [5.41, 5.74) is 9.03. The Labute approximate surface area is 175 Å². The molecule has 152 valence electrons. The molecule has 4 rings (SSSR count). The fourth-order valence-electron chi connectivity index (χ4n) is 3.40. The van der Waals surface area contributed by atoms with Crippen molar-refractivity contribution in [2.24, 2.45) is 5.73 Å². The average Bonchev–Trinajstić information content (AvgIpc) is 3.25. The van der Waals surface area contributed by atoms with E-state index >= 15 is 0 Å². The van der Waals surface area contributed by atoms with Crippen LogP contribution in [0.25, 0.3) is 11.0 Å². The summed E-state index contributed by atoms with van der Waals surface area (Å²) < 4.78 is 6.00. The number of nitrogens with two attached hydrogens (primary N) is 1. The van der Waals surface area contributed by atoms with Gasteiger partial charge in [0.2, 0.25) is 5.91 Å². The molecule has 6 heteroatoms. The van der Waals surface area contributed by atoms with E-state index in [-0.39, 0.29) is 5.91 Å². The Morgan fingerprint density at radius 3 is 2.60 bits per heavy atom. The summed E-state index contributed by atoms with van der Waals surface area (Å²) in [5.74, 6) is 1.38. The summed E-state index contributed by atoms with van der Waals surface area (Å²) in [7, 11) is 1.78. The number of hydrogen-bond acceptors (Lipinski definition) is 4. The Morgan fingerprint density at radius 1 is 1.07 bits per heavy atom. The van der Waals surface area contributed by atoms with Crippen molar-refractivity contribution in [1.29, 1.82) is 0 Å². The SMILES string of the molecule is CN(Cc1ccccc1)C(=O)C(N)Cc1ccc(Oc2ccnc3[nH]ccc23)cc1. The van der Waals surface area contributed by atoms with Crippen LogP contribution in [-0.4, -0.2) is 33.9 Å². The Bertz CT molecular complexity index is 1120. The third-order valence-electron chi connectivity index (χ3n) is 4.98. The highest BCUT2D eigenvalue weighted by molar-refractivity contribution is 5.83. The lowest BCUT2D eigenvalue weighted by Gasteiger charge is -2.21. The minimum Gasteiger partial charge on any atom is -0.457 e. The van der Waals surface area contributed by atoms with Gasteiger partial charge in [-0.15, -0.1) is 0 Å². The van der Waals surface area contributed by atoms with Crippen molar-refractivity contribution >= 4 is 16.9 Å². The summed E-state index contributed by atoms with van der Waals surface area (Å²) in [6.07, 6.45) is 4.01. The molecule has 0 saturated heterocycles. The molecule has 30 heavy (non-hydrogen) atoms. The second-order valence-electron chi connectivity index (χ2n) is 7.29. The molecule has 2 aromatic heterocycles. The number of aromatic nitrogens is 2. The molecule has 0 radical (unpaired) electrons. The predicted octanol–water partition coefficient (Wildman–Crippen LogP) is 3.88. The number of hydrogen-bond donors (Lipinski definition) is 2. The molecular weight excluding hydrogens is 376 g/mol. The number of ether oxygens (including phenoxy) is 1. The van der Waals surface area contributed by atoms with E-state index in [9.17, 15) is 4.79 Å². The van der Waals surface area contributed by atoms with E-state index in [1.807, 2.05) is 72.9 Å². The van der Waals surface area contributed by atoms with Crippen LogP contribution in [0.4, 0.5) is 0 Å². The molecule has 1 atom stereocenters. The first-order chi connectivity index (χ1) is 14.6. The highest BCUT2D eigenvalue weighted by Gasteiger charge is 2.18. The Morgan fingerprint density at radius 2 is 1.83 bits per heavy atom. The number of nitrogens with zero attached hydrogens (tertiary/aromatic N) is 2. The smallest absolute Gasteiger partial charge is 0.239 e. The zero-order valence-corrected chi connectivity index (χ0v) is 16.8. The first-order valence-electron chi connectivity index (χ1n) is 9.83. The van der Waals surface area contributed by atoms with E-state index in [4.69, 9.17) is 10.5 Å². The van der Waals surface area contributed by atoms with E-state index in [0.29, 0.717) is 18.7 Å². The summed E-state index contributed by atoms with van der Waals surface area (Å²) in [6.45, 7) is 0.541. The molecule has 2 aromatic carbocycles. The van der Waals surface area contributed by atoms with Gasteiger partial charge in [-0.3, -0.25) is 4.79 Å². The molecule has 0 spiro atoms. The molecule has 0 aliphatic heterocycles. The van der Waals surface area contributed by atoms with Crippen molar-refractivity contribution < 1.29 is 9.53 Å². The van der Waals surface area contributed by atoms with Gasteiger partial charge in [0.25, 0.3) is 0 Å². The fourth-order valence-corrected chi connectivity index (χ4v) is 3.40. The van der Waals surface area contributed by atoms with Crippen molar-refractivity contribution in [1.82, 2.24) is 14.9 Å². The van der Waals surface area contributed by atoms with Crippen LogP contribution < -0.4 is 10.5 Å². The van der Waals surface area contributed by atoms with Gasteiger partial charge in [0.05, 0.1) is 11.4 Å². The molecule has 0 bridgehead atoms. The maximum atomic E-state index is 12.6. The van der Waals surface area contributed by atoms with Gasteiger partial charge in [0.1, 0.15) is 17.1 Å². The zero-order valence-electron chi connectivity index (χ0n) is 16.8. The number of carbonyl (C=O) groups is 1. The van der Waals surface area contributed by atoms with Gasteiger partial charge >= 0.3 is 0 Å². The minimum atomic E-state index is -0.592. The first-order valence-corrected chi connectivity index (χ1v) is 9.83. The van der Waals surface area contributed by atoms with Crippen LogP contribution in [0.1, 0.15) is 11.1 Å². The van der Waals surface area contributed by atoms with Crippen LogP contribution in [0.2, 0.25) is 0 Å². The van der Waals surface area contributed by atoms with E-state index in [2.05, 4.69) is 9.97 Å². The first kappa shape index (κ1) is 19.7. The molecule has 0 saturated carbocycles. The molecule has 2 heterocycles. The second-order valence-corrected chi connectivity index (χ2v) is 7.29. The van der Waals surface area contributed by atoms with Crippen LogP contribution in [0, 0.1) is 0 Å². The monoisotopic (exact) mass is 400 g/mol. The van der Waals surface area contributed by atoms with Gasteiger partial charge in [0.15, 0.2) is 0 Å². The van der Waals surface area contributed by atoms with E-state index in [1.165, 1.54) is 0 Å². The van der Waals surface area contributed by atoms with Crippen LogP contribution >= 0.6 is 0 Å². The molecule has 4 aromatic rings. The topological polar surface area (TPSA) is 84.2 Å². The minimum absolute atomic E-state index is 0.0779. The number of fused-ring (bicyclic) bond motifs is 1. The molecule has 0 aliphatic rings. The molecule has 3 N–H and O–H groups in total. The molecule has 6 nitrogen and oxygen atoms in total. The van der Waals surface area contributed by atoms with Crippen molar-refractivity contribution in [2.75, 3.05) is 7.05 Å². The third kappa shape index (κ3) is 4.50. The number of rotatable bonds is 7.